The molecule has 0 saturated carbocycles. The van der Waals surface area contributed by atoms with E-state index in [9.17, 15) is 0 Å². The van der Waals surface area contributed by atoms with E-state index in [1.54, 1.807) is 21.2 Å². The Hall–Kier alpha value is -0.270. The maximum absolute atomic E-state index is 2.62. The van der Waals surface area contributed by atoms with E-state index in [4.69, 9.17) is 0 Å². The van der Waals surface area contributed by atoms with Crippen LogP contribution < -0.4 is 21.2 Å². The van der Waals surface area contributed by atoms with Crippen LogP contribution in [0.4, 0.5) is 0 Å². The smallest absolute Gasteiger partial charge is 0.0116 e. The first-order chi connectivity index (χ1) is 16.7. The predicted octanol–water partition coefficient (Wildman–Crippen LogP) is 9.62. The van der Waals surface area contributed by atoms with Crippen LogP contribution in [0.5, 0.6) is 0 Å². The van der Waals surface area contributed by atoms with Crippen LogP contribution in [0.15, 0.2) is 36.4 Å². The zero-order valence-electron chi connectivity index (χ0n) is 25.8. The first-order valence-corrected chi connectivity index (χ1v) is 18.7. The van der Waals surface area contributed by atoms with Crippen LogP contribution in [-0.2, 0) is 0 Å². The maximum atomic E-state index is 2.62. The Labute approximate surface area is 229 Å². The molecule has 0 radical (unpaired) electrons. The molecule has 0 fully saturated rings. The van der Waals surface area contributed by atoms with Gasteiger partial charge in [-0.1, -0.05) is 149 Å². The van der Waals surface area contributed by atoms with Crippen molar-refractivity contribution in [2.75, 3.05) is 0 Å². The molecule has 2 aromatic rings. The second-order valence-electron chi connectivity index (χ2n) is 12.5. The van der Waals surface area contributed by atoms with Gasteiger partial charge in [0.15, 0.2) is 0 Å². The van der Waals surface area contributed by atoms with Crippen LogP contribution in [0.1, 0.15) is 120 Å². The summed E-state index contributed by atoms with van der Waals surface area (Å²) in [6, 6.07) is 15.3. The van der Waals surface area contributed by atoms with Gasteiger partial charge in [-0.2, -0.15) is 0 Å². The summed E-state index contributed by atoms with van der Waals surface area (Å²) < 4.78 is 0. The van der Waals surface area contributed by atoms with Crippen LogP contribution >= 0.6 is 23.8 Å². The van der Waals surface area contributed by atoms with E-state index in [0.717, 1.165) is 0 Å². The highest BCUT2D eigenvalue weighted by Gasteiger charge is 2.32. The monoisotopic (exact) mass is 544 g/mol. The Bertz CT molecular complexity index is 877. The first kappa shape index (κ1) is 31.9. The summed E-state index contributed by atoms with van der Waals surface area (Å²) in [6.45, 7) is 34.0. The third-order valence-electron chi connectivity index (χ3n) is 7.15. The van der Waals surface area contributed by atoms with Gasteiger partial charge in [0.05, 0.1) is 0 Å². The van der Waals surface area contributed by atoms with E-state index < -0.39 is 7.92 Å². The van der Waals surface area contributed by atoms with Crippen LogP contribution in [0.2, 0.25) is 0 Å². The summed E-state index contributed by atoms with van der Waals surface area (Å²) >= 11 is 0. The molecule has 36 heavy (non-hydrogen) atoms. The highest BCUT2D eigenvalue weighted by atomic mass is 31.1. The zero-order chi connectivity index (χ0) is 27.5. The largest absolute Gasteiger partial charge is 0.0693 e. The Kier molecular flexibility index (Phi) is 12.1. The second kappa shape index (κ2) is 13.7. The molecule has 0 heterocycles. The predicted molar refractivity (Wildman–Crippen MR) is 176 cm³/mol. The van der Waals surface area contributed by atoms with Gasteiger partial charge in [-0.15, -0.1) is 0 Å². The van der Waals surface area contributed by atoms with Crippen molar-refractivity contribution in [1.29, 1.82) is 0 Å². The normalized spacial score (nSPS) is 13.0. The van der Waals surface area contributed by atoms with Crippen molar-refractivity contribution in [3.05, 3.63) is 47.5 Å². The lowest BCUT2D eigenvalue weighted by Gasteiger charge is -2.36. The molecule has 0 bridgehead atoms. The third-order valence-corrected chi connectivity index (χ3v) is 16.7. The topological polar surface area (TPSA) is 0 Å². The highest BCUT2D eigenvalue weighted by Crippen LogP contribution is 2.51. The lowest BCUT2D eigenvalue weighted by molar-refractivity contribution is 0.868. The van der Waals surface area contributed by atoms with Gasteiger partial charge in [-0.05, 0) is 80.4 Å². The number of hydrogen-bond donors (Lipinski definition) is 0. The average Bonchev–Trinajstić information content (AvgIpc) is 2.74. The summed E-state index contributed by atoms with van der Waals surface area (Å²) in [5.41, 5.74) is 6.38. The average molecular weight is 545 g/mol. The van der Waals surface area contributed by atoms with Crippen molar-refractivity contribution in [2.45, 2.75) is 137 Å². The molecule has 0 nitrogen and oxygen atoms in total. The lowest BCUT2D eigenvalue weighted by atomic mass is 10.0. The van der Waals surface area contributed by atoms with Gasteiger partial charge >= 0.3 is 0 Å². The molecule has 0 aromatic heterocycles. The van der Waals surface area contributed by atoms with E-state index >= 15 is 0 Å². The van der Waals surface area contributed by atoms with Crippen molar-refractivity contribution >= 4 is 45.0 Å². The number of hydrogen-bond acceptors (Lipinski definition) is 0. The molecule has 0 N–H and O–H groups in total. The first-order valence-electron chi connectivity index (χ1n) is 14.3. The van der Waals surface area contributed by atoms with Gasteiger partial charge in [-0.3, -0.25) is 0 Å². The van der Waals surface area contributed by atoms with Gasteiger partial charge in [0, 0.05) is 0 Å². The second-order valence-corrected chi connectivity index (χ2v) is 21.9. The van der Waals surface area contributed by atoms with E-state index in [0.29, 0.717) is 40.1 Å². The summed E-state index contributed by atoms with van der Waals surface area (Å²) in [5.74, 6) is 1.13. The summed E-state index contributed by atoms with van der Waals surface area (Å²) in [5, 5.41) is 6.72. The minimum absolute atomic E-state index is 0.228. The van der Waals surface area contributed by atoms with Crippen molar-refractivity contribution < 1.29 is 0 Å². The summed E-state index contributed by atoms with van der Waals surface area (Å²) in [6.07, 6.45) is 0. The fourth-order valence-electron chi connectivity index (χ4n) is 5.61. The minimum Gasteiger partial charge on any atom is -0.0693 e. The molecule has 2 aromatic carbocycles. The molecule has 0 spiro atoms. The quantitative estimate of drug-likeness (QED) is 0.247. The fourth-order valence-corrected chi connectivity index (χ4v) is 15.3. The molecule has 202 valence electrons. The Morgan fingerprint density at radius 2 is 0.694 bits per heavy atom. The van der Waals surface area contributed by atoms with E-state index in [-0.39, 0.29) is 15.8 Å². The van der Waals surface area contributed by atoms with Gasteiger partial charge in [0.1, 0.15) is 0 Å². The Balaban J connectivity index is 2.93. The molecule has 2 rings (SSSR count). The van der Waals surface area contributed by atoms with Crippen LogP contribution in [0.25, 0.3) is 0 Å². The molecule has 0 aliphatic carbocycles. The highest BCUT2D eigenvalue weighted by molar-refractivity contribution is 7.79. The van der Waals surface area contributed by atoms with E-state index in [1.807, 2.05) is 0 Å². The van der Waals surface area contributed by atoms with Gasteiger partial charge in [0.25, 0.3) is 0 Å². The third kappa shape index (κ3) is 7.43. The van der Waals surface area contributed by atoms with E-state index in [2.05, 4.69) is 133 Å². The van der Waals surface area contributed by atoms with Gasteiger partial charge in [-0.25, -0.2) is 0 Å². The van der Waals surface area contributed by atoms with Crippen molar-refractivity contribution in [3.8, 4) is 0 Å². The zero-order valence-corrected chi connectivity index (χ0v) is 28.5. The molecule has 0 aliphatic rings. The van der Waals surface area contributed by atoms with E-state index in [1.165, 1.54) is 11.1 Å². The SMILES string of the molecule is CC(C)c1ccc(P(c2ccc(C(C)C)cc2P(C(C)C)C(C)C)C(C)C)c(P(C(C)C)C(C)C)c1. The van der Waals surface area contributed by atoms with Crippen molar-refractivity contribution in [3.63, 3.8) is 0 Å². The maximum Gasteiger partial charge on any atom is -0.0116 e. The Morgan fingerprint density at radius 3 is 0.917 bits per heavy atom. The molecular formula is C33H55P3. The van der Waals surface area contributed by atoms with Crippen LogP contribution in [-0.4, -0.2) is 28.3 Å². The molecule has 0 amide bonds. The molecular weight excluding hydrogens is 489 g/mol. The lowest BCUT2D eigenvalue weighted by Crippen LogP contribution is -2.37. The minimum atomic E-state index is -0.446. The molecule has 0 unspecified atom stereocenters. The standard InChI is InChI=1S/C33H55P3/c1-21(2)28-15-17-30(32(19-28)34(23(5)6)24(7)8)36(27(13)14)31-18-16-29(22(3)4)20-33(31)35(25(9)10)26(11)12/h15-27H,1-14H3. The molecule has 3 heteroatoms. The van der Waals surface area contributed by atoms with Crippen LogP contribution in [0.3, 0.4) is 0 Å². The fraction of sp³-hybridized carbons (Fsp3) is 0.636. The molecule has 0 saturated heterocycles. The van der Waals surface area contributed by atoms with Crippen molar-refractivity contribution in [1.82, 2.24) is 0 Å². The van der Waals surface area contributed by atoms with Gasteiger partial charge in [0.2, 0.25) is 0 Å². The number of benzene rings is 2. The molecule has 0 atom stereocenters. The summed E-state index contributed by atoms with van der Waals surface area (Å²) in [7, 11) is -0.902. The Morgan fingerprint density at radius 1 is 0.389 bits per heavy atom. The molecule has 0 aliphatic heterocycles. The van der Waals surface area contributed by atoms with Crippen LogP contribution in [0, 0.1) is 0 Å². The summed E-state index contributed by atoms with van der Waals surface area (Å²) in [4.78, 5) is 0. The number of rotatable bonds is 11. The van der Waals surface area contributed by atoms with Gasteiger partial charge < -0.3 is 0 Å². The van der Waals surface area contributed by atoms with Crippen molar-refractivity contribution in [2.24, 2.45) is 0 Å².